The largest absolute Gasteiger partial charge is 0.352 e. The van der Waals surface area contributed by atoms with E-state index in [0.29, 0.717) is 30.0 Å². The highest BCUT2D eigenvalue weighted by Gasteiger charge is 2.16. The molecule has 1 aromatic rings. The number of anilines is 1. The first-order chi connectivity index (χ1) is 7.99. The van der Waals surface area contributed by atoms with E-state index in [9.17, 15) is 4.79 Å². The van der Waals surface area contributed by atoms with E-state index in [4.69, 9.17) is 11.6 Å². The van der Waals surface area contributed by atoms with Crippen LogP contribution in [0.25, 0.3) is 0 Å². The molecule has 17 heavy (non-hydrogen) atoms. The molecule has 0 aliphatic rings. The fourth-order valence-electron chi connectivity index (χ4n) is 1.54. The summed E-state index contributed by atoms with van der Waals surface area (Å²) in [4.78, 5) is 21.3. The van der Waals surface area contributed by atoms with Crippen molar-refractivity contribution in [2.45, 2.75) is 20.8 Å². The molecule has 1 rings (SSSR count). The number of carbonyl (C=O) groups excluding carboxylic acids is 1. The van der Waals surface area contributed by atoms with Crippen LogP contribution < -0.4 is 4.90 Å². The molecular formula is C12H16ClN3O. The van der Waals surface area contributed by atoms with Crippen LogP contribution in [0.2, 0.25) is 5.15 Å². The maximum absolute atomic E-state index is 11.1. The van der Waals surface area contributed by atoms with Gasteiger partial charge < -0.3 is 4.90 Å². The van der Waals surface area contributed by atoms with Gasteiger partial charge in [-0.05, 0) is 20.8 Å². The summed E-state index contributed by atoms with van der Waals surface area (Å²) in [5.41, 5.74) is 1.33. The van der Waals surface area contributed by atoms with Crippen LogP contribution >= 0.6 is 11.6 Å². The summed E-state index contributed by atoms with van der Waals surface area (Å²) in [5, 5.41) is 0.197. The number of hydrogen-bond donors (Lipinski definition) is 0. The van der Waals surface area contributed by atoms with Crippen molar-refractivity contribution >= 4 is 23.7 Å². The minimum Gasteiger partial charge on any atom is -0.352 e. The van der Waals surface area contributed by atoms with Crippen molar-refractivity contribution in [1.82, 2.24) is 9.97 Å². The van der Waals surface area contributed by atoms with Crippen LogP contribution in [0.5, 0.6) is 0 Å². The third kappa shape index (κ3) is 3.27. The van der Waals surface area contributed by atoms with Crippen LogP contribution in [0.4, 0.5) is 5.82 Å². The zero-order chi connectivity index (χ0) is 13.0. The van der Waals surface area contributed by atoms with Gasteiger partial charge >= 0.3 is 0 Å². The number of carbonyl (C=O) groups is 1. The molecule has 0 saturated carbocycles. The Kier molecular flexibility index (Phi) is 4.63. The number of likely N-dealkylation sites (N-methyl/N-ethyl adjacent to an activating group) is 1. The average molecular weight is 254 g/mol. The number of aryl methyl sites for hydroxylation is 1. The van der Waals surface area contributed by atoms with E-state index in [-0.39, 0.29) is 5.15 Å². The number of hydrogen-bond acceptors (Lipinski definition) is 4. The van der Waals surface area contributed by atoms with Crippen LogP contribution in [0, 0.1) is 6.92 Å². The first kappa shape index (κ1) is 13.6. The van der Waals surface area contributed by atoms with E-state index >= 15 is 0 Å². The molecule has 0 fully saturated rings. The second-order valence-corrected chi connectivity index (χ2v) is 4.25. The first-order valence-electron chi connectivity index (χ1n) is 5.38. The summed E-state index contributed by atoms with van der Waals surface area (Å²) in [5.74, 6) is 1.12. The Balaban J connectivity index is 3.26. The predicted molar refractivity (Wildman–Crippen MR) is 69.9 cm³/mol. The standard InChI is InChI=1S/C12H16ClN3O/c1-5-16(6-8(2)3)12-10(7-17)11(13)14-9(4)15-12/h7H,2,5-6H2,1,3-4H3. The zero-order valence-electron chi connectivity index (χ0n) is 10.3. The highest BCUT2D eigenvalue weighted by molar-refractivity contribution is 6.32. The molecular weight excluding hydrogens is 238 g/mol. The minimum atomic E-state index is 0.197. The van der Waals surface area contributed by atoms with Gasteiger partial charge in [0.2, 0.25) is 0 Å². The maximum Gasteiger partial charge on any atom is 0.156 e. The van der Waals surface area contributed by atoms with Gasteiger partial charge in [0.25, 0.3) is 0 Å². The predicted octanol–water partition coefficient (Wildman–Crippen LogP) is 2.65. The van der Waals surface area contributed by atoms with Crippen LogP contribution in [0.1, 0.15) is 30.0 Å². The molecule has 4 nitrogen and oxygen atoms in total. The van der Waals surface area contributed by atoms with Gasteiger partial charge in [-0.2, -0.15) is 0 Å². The molecule has 0 bridgehead atoms. The number of halogens is 1. The van der Waals surface area contributed by atoms with Gasteiger partial charge in [-0.1, -0.05) is 23.8 Å². The Morgan fingerprint density at radius 1 is 1.53 bits per heavy atom. The smallest absolute Gasteiger partial charge is 0.156 e. The van der Waals surface area contributed by atoms with E-state index in [1.165, 1.54) is 0 Å². The molecule has 0 aromatic carbocycles. The Labute approximate surface area is 106 Å². The van der Waals surface area contributed by atoms with E-state index in [0.717, 1.165) is 12.1 Å². The Bertz CT molecular complexity index is 446. The zero-order valence-corrected chi connectivity index (χ0v) is 11.1. The van der Waals surface area contributed by atoms with Crippen molar-refractivity contribution in [2.75, 3.05) is 18.0 Å². The van der Waals surface area contributed by atoms with Crippen molar-refractivity contribution in [3.8, 4) is 0 Å². The lowest BCUT2D eigenvalue weighted by molar-refractivity contribution is 0.112. The van der Waals surface area contributed by atoms with Gasteiger partial charge in [0.1, 0.15) is 16.8 Å². The summed E-state index contributed by atoms with van der Waals surface area (Å²) in [6.07, 6.45) is 0.693. The molecule has 0 aliphatic heterocycles. The van der Waals surface area contributed by atoms with Crippen molar-refractivity contribution in [3.63, 3.8) is 0 Å². The molecule has 0 unspecified atom stereocenters. The Hall–Kier alpha value is -1.42. The van der Waals surface area contributed by atoms with Crippen molar-refractivity contribution in [1.29, 1.82) is 0 Å². The summed E-state index contributed by atoms with van der Waals surface area (Å²) < 4.78 is 0. The molecule has 0 spiro atoms. The molecule has 1 heterocycles. The first-order valence-corrected chi connectivity index (χ1v) is 5.76. The molecule has 0 aliphatic carbocycles. The van der Waals surface area contributed by atoms with Crippen LogP contribution in [-0.2, 0) is 0 Å². The van der Waals surface area contributed by atoms with Crippen LogP contribution in [-0.4, -0.2) is 29.3 Å². The quantitative estimate of drug-likeness (QED) is 0.460. The second kappa shape index (κ2) is 5.77. The van der Waals surface area contributed by atoms with Gasteiger partial charge in [-0.3, -0.25) is 4.79 Å². The fraction of sp³-hybridized carbons (Fsp3) is 0.417. The number of aldehydes is 1. The second-order valence-electron chi connectivity index (χ2n) is 3.89. The number of rotatable bonds is 5. The minimum absolute atomic E-state index is 0.197. The summed E-state index contributed by atoms with van der Waals surface area (Å²) in [7, 11) is 0. The molecule has 1 aromatic heterocycles. The van der Waals surface area contributed by atoms with E-state index in [1.54, 1.807) is 6.92 Å². The van der Waals surface area contributed by atoms with Gasteiger partial charge in [0.15, 0.2) is 6.29 Å². The van der Waals surface area contributed by atoms with E-state index in [1.807, 2.05) is 18.7 Å². The molecule has 0 amide bonds. The van der Waals surface area contributed by atoms with Crippen molar-refractivity contribution in [2.24, 2.45) is 0 Å². The lowest BCUT2D eigenvalue weighted by Crippen LogP contribution is -2.27. The average Bonchev–Trinajstić information content (AvgIpc) is 2.24. The SMILES string of the molecule is C=C(C)CN(CC)c1nc(C)nc(Cl)c1C=O. The Morgan fingerprint density at radius 3 is 2.65 bits per heavy atom. The van der Waals surface area contributed by atoms with Crippen molar-refractivity contribution in [3.05, 3.63) is 28.7 Å². The summed E-state index contributed by atoms with van der Waals surface area (Å²) in [6.45, 7) is 10.9. The van der Waals surface area contributed by atoms with Gasteiger partial charge in [-0.15, -0.1) is 0 Å². The topological polar surface area (TPSA) is 46.1 Å². The third-order valence-corrected chi connectivity index (χ3v) is 2.54. The molecule has 5 heteroatoms. The fourth-order valence-corrected chi connectivity index (χ4v) is 1.79. The summed E-state index contributed by atoms with van der Waals surface area (Å²) in [6, 6.07) is 0. The molecule has 0 saturated heterocycles. The highest BCUT2D eigenvalue weighted by Crippen LogP contribution is 2.23. The molecule has 0 atom stereocenters. The maximum atomic E-state index is 11.1. The van der Waals surface area contributed by atoms with E-state index in [2.05, 4.69) is 16.5 Å². The van der Waals surface area contributed by atoms with Gasteiger partial charge in [0.05, 0.1) is 5.56 Å². The summed E-state index contributed by atoms with van der Waals surface area (Å²) >= 11 is 5.94. The molecule has 0 N–H and O–H groups in total. The molecule has 0 radical (unpaired) electrons. The van der Waals surface area contributed by atoms with Crippen molar-refractivity contribution < 1.29 is 4.79 Å². The van der Waals surface area contributed by atoms with Gasteiger partial charge in [-0.25, -0.2) is 9.97 Å². The van der Waals surface area contributed by atoms with E-state index < -0.39 is 0 Å². The van der Waals surface area contributed by atoms with Gasteiger partial charge in [0, 0.05) is 13.1 Å². The van der Waals surface area contributed by atoms with Crippen LogP contribution in [0.3, 0.4) is 0 Å². The Morgan fingerprint density at radius 2 is 2.18 bits per heavy atom. The monoisotopic (exact) mass is 253 g/mol. The lowest BCUT2D eigenvalue weighted by atomic mass is 10.2. The number of nitrogens with zero attached hydrogens (tertiary/aromatic N) is 3. The number of aromatic nitrogens is 2. The lowest BCUT2D eigenvalue weighted by Gasteiger charge is -2.23. The highest BCUT2D eigenvalue weighted by atomic mass is 35.5. The van der Waals surface area contributed by atoms with Crippen LogP contribution in [0.15, 0.2) is 12.2 Å². The molecule has 92 valence electrons. The normalized spacial score (nSPS) is 10.1. The third-order valence-electron chi connectivity index (χ3n) is 2.25.